The third-order valence-corrected chi connectivity index (χ3v) is 4.32. The second kappa shape index (κ2) is 5.94. The van der Waals surface area contributed by atoms with Gasteiger partial charge in [-0.1, -0.05) is 32.9 Å². The molecule has 0 fully saturated rings. The van der Waals surface area contributed by atoms with Gasteiger partial charge in [0.1, 0.15) is 5.82 Å². The number of ether oxygens (including phenoxy) is 1. The molecule has 2 unspecified atom stereocenters. The first kappa shape index (κ1) is 14.2. The number of rotatable bonds is 3. The van der Waals surface area contributed by atoms with Crippen LogP contribution in [0.15, 0.2) is 30.5 Å². The number of hydrogen-bond donors (Lipinski definition) is 0. The number of fused-ring (bicyclic) bond motifs is 1. The highest BCUT2D eigenvalue weighted by Gasteiger charge is 2.17. The van der Waals surface area contributed by atoms with Gasteiger partial charge < -0.3 is 4.74 Å². The lowest BCUT2D eigenvalue weighted by molar-refractivity contribution is 0.0951. The van der Waals surface area contributed by atoms with Gasteiger partial charge in [0, 0.05) is 23.6 Å². The van der Waals surface area contributed by atoms with Crippen LogP contribution in [0.5, 0.6) is 0 Å². The first-order valence-electron chi connectivity index (χ1n) is 7.73. The van der Waals surface area contributed by atoms with Crippen molar-refractivity contribution in [3.05, 3.63) is 47.4 Å². The third-order valence-electron chi connectivity index (χ3n) is 4.32. The summed E-state index contributed by atoms with van der Waals surface area (Å²) in [5, 5.41) is 0. The van der Waals surface area contributed by atoms with Crippen molar-refractivity contribution in [2.45, 2.75) is 45.6 Å². The first-order chi connectivity index (χ1) is 10.2. The van der Waals surface area contributed by atoms with Crippen LogP contribution in [0.4, 0.5) is 0 Å². The molecule has 0 aliphatic carbocycles. The second-order valence-electron chi connectivity index (χ2n) is 5.94. The lowest BCUT2D eigenvalue weighted by Crippen LogP contribution is -2.14. The molecule has 0 amide bonds. The van der Waals surface area contributed by atoms with Crippen molar-refractivity contribution in [2.75, 3.05) is 6.61 Å². The molecule has 21 heavy (non-hydrogen) atoms. The molecule has 3 heteroatoms. The molecule has 0 N–H and O–H groups in total. The van der Waals surface area contributed by atoms with E-state index in [1.165, 1.54) is 11.1 Å². The minimum Gasteiger partial charge on any atom is -0.376 e. The number of nitrogens with zero attached hydrogens (tertiary/aromatic N) is 2. The van der Waals surface area contributed by atoms with Gasteiger partial charge in [-0.3, -0.25) is 0 Å². The fraction of sp³-hybridized carbons (Fsp3) is 0.444. The summed E-state index contributed by atoms with van der Waals surface area (Å²) in [6, 6.07) is 8.60. The van der Waals surface area contributed by atoms with Gasteiger partial charge in [-0.25, -0.2) is 9.97 Å². The fourth-order valence-corrected chi connectivity index (χ4v) is 2.76. The molecule has 0 radical (unpaired) electrons. The van der Waals surface area contributed by atoms with Crippen LogP contribution in [0.3, 0.4) is 0 Å². The monoisotopic (exact) mass is 282 g/mol. The molecule has 1 aliphatic heterocycles. The summed E-state index contributed by atoms with van der Waals surface area (Å²) in [6.45, 7) is 8.07. The Balaban J connectivity index is 1.97. The lowest BCUT2D eigenvalue weighted by Gasteiger charge is -2.23. The topological polar surface area (TPSA) is 35.0 Å². The van der Waals surface area contributed by atoms with Crippen molar-refractivity contribution in [2.24, 2.45) is 0 Å². The summed E-state index contributed by atoms with van der Waals surface area (Å²) in [5.74, 6) is 1.80. The molecular weight excluding hydrogens is 260 g/mol. The zero-order valence-corrected chi connectivity index (χ0v) is 13.0. The molecule has 1 aliphatic rings. The quantitative estimate of drug-likeness (QED) is 0.842. The van der Waals surface area contributed by atoms with Gasteiger partial charge in [0.15, 0.2) is 0 Å². The summed E-state index contributed by atoms with van der Waals surface area (Å²) in [4.78, 5) is 9.13. The molecule has 1 aromatic carbocycles. The van der Waals surface area contributed by atoms with Gasteiger partial charge in [0.25, 0.3) is 0 Å². The molecule has 2 heterocycles. The molecular formula is C18H22N2O. The van der Waals surface area contributed by atoms with E-state index in [4.69, 9.17) is 9.72 Å². The SMILES string of the molecule is CCC(C)c1nccc(-c2ccc3c(c2)COCC3C)n1. The maximum atomic E-state index is 5.65. The van der Waals surface area contributed by atoms with Crippen LogP contribution < -0.4 is 0 Å². The highest BCUT2D eigenvalue weighted by Crippen LogP contribution is 2.30. The number of benzene rings is 1. The van der Waals surface area contributed by atoms with Crippen LogP contribution >= 0.6 is 0 Å². The lowest BCUT2D eigenvalue weighted by atomic mass is 9.92. The molecule has 3 nitrogen and oxygen atoms in total. The van der Waals surface area contributed by atoms with Gasteiger partial charge in [-0.2, -0.15) is 0 Å². The van der Waals surface area contributed by atoms with Gasteiger partial charge in [0.05, 0.1) is 18.9 Å². The predicted octanol–water partition coefficient (Wildman–Crippen LogP) is 4.29. The third kappa shape index (κ3) is 2.84. The second-order valence-corrected chi connectivity index (χ2v) is 5.94. The standard InChI is InChI=1S/C18H22N2O/c1-4-12(2)18-19-8-7-17(20-18)14-5-6-16-13(3)10-21-11-15(16)9-14/h5-9,12-13H,4,10-11H2,1-3H3. The summed E-state index contributed by atoms with van der Waals surface area (Å²) < 4.78 is 5.65. The molecule has 0 saturated carbocycles. The van der Waals surface area contributed by atoms with Crippen LogP contribution in [0.2, 0.25) is 0 Å². The van der Waals surface area contributed by atoms with Gasteiger partial charge in [0.2, 0.25) is 0 Å². The Morgan fingerprint density at radius 1 is 1.33 bits per heavy atom. The average molecular weight is 282 g/mol. The molecule has 110 valence electrons. The molecule has 1 aromatic heterocycles. The van der Waals surface area contributed by atoms with Crippen LogP contribution in [-0.4, -0.2) is 16.6 Å². The summed E-state index contributed by atoms with van der Waals surface area (Å²) in [7, 11) is 0. The first-order valence-corrected chi connectivity index (χ1v) is 7.73. The zero-order chi connectivity index (χ0) is 14.8. The maximum absolute atomic E-state index is 5.65. The smallest absolute Gasteiger partial charge is 0.131 e. The molecule has 2 aromatic rings. The van der Waals surface area contributed by atoms with Crippen LogP contribution in [0.25, 0.3) is 11.3 Å². The van der Waals surface area contributed by atoms with Crippen LogP contribution in [0.1, 0.15) is 56.0 Å². The van der Waals surface area contributed by atoms with Gasteiger partial charge in [-0.05, 0) is 29.7 Å². The Morgan fingerprint density at radius 3 is 3.00 bits per heavy atom. The highest BCUT2D eigenvalue weighted by molar-refractivity contribution is 5.61. The van der Waals surface area contributed by atoms with E-state index in [1.807, 2.05) is 12.3 Å². The minimum atomic E-state index is 0.394. The molecule has 2 atom stereocenters. The maximum Gasteiger partial charge on any atom is 0.131 e. The van der Waals surface area contributed by atoms with Crippen molar-refractivity contribution in [1.29, 1.82) is 0 Å². The normalized spacial score (nSPS) is 19.1. The van der Waals surface area contributed by atoms with Gasteiger partial charge in [-0.15, -0.1) is 0 Å². The largest absolute Gasteiger partial charge is 0.376 e. The predicted molar refractivity (Wildman–Crippen MR) is 84.2 cm³/mol. The van der Waals surface area contributed by atoms with E-state index in [-0.39, 0.29) is 0 Å². The summed E-state index contributed by atoms with van der Waals surface area (Å²) >= 11 is 0. The van der Waals surface area contributed by atoms with E-state index in [1.54, 1.807) is 0 Å². The summed E-state index contributed by atoms with van der Waals surface area (Å²) in [5.41, 5.74) is 4.84. The van der Waals surface area contributed by atoms with Crippen molar-refractivity contribution in [3.8, 4) is 11.3 Å². The zero-order valence-electron chi connectivity index (χ0n) is 13.0. The van der Waals surface area contributed by atoms with Gasteiger partial charge >= 0.3 is 0 Å². The Morgan fingerprint density at radius 2 is 2.19 bits per heavy atom. The molecule has 0 spiro atoms. The Hall–Kier alpha value is -1.74. The van der Waals surface area contributed by atoms with Crippen molar-refractivity contribution >= 4 is 0 Å². The van der Waals surface area contributed by atoms with E-state index in [2.05, 4.69) is 44.0 Å². The fourth-order valence-electron chi connectivity index (χ4n) is 2.76. The van der Waals surface area contributed by atoms with E-state index < -0.39 is 0 Å². The Bertz CT molecular complexity index is 639. The summed E-state index contributed by atoms with van der Waals surface area (Å²) in [6.07, 6.45) is 2.92. The average Bonchev–Trinajstić information content (AvgIpc) is 2.54. The van der Waals surface area contributed by atoms with Crippen molar-refractivity contribution < 1.29 is 4.74 Å². The Kier molecular flexibility index (Phi) is 4.02. The number of hydrogen-bond acceptors (Lipinski definition) is 3. The van der Waals surface area contributed by atoms with Crippen molar-refractivity contribution in [3.63, 3.8) is 0 Å². The minimum absolute atomic E-state index is 0.394. The highest BCUT2D eigenvalue weighted by atomic mass is 16.5. The molecule has 3 rings (SSSR count). The molecule has 0 bridgehead atoms. The van der Waals surface area contributed by atoms with E-state index in [9.17, 15) is 0 Å². The van der Waals surface area contributed by atoms with E-state index in [0.717, 1.165) is 30.1 Å². The number of aromatic nitrogens is 2. The van der Waals surface area contributed by atoms with E-state index in [0.29, 0.717) is 18.4 Å². The Labute approximate surface area is 126 Å². The molecule has 0 saturated heterocycles. The van der Waals surface area contributed by atoms with Crippen molar-refractivity contribution in [1.82, 2.24) is 9.97 Å². The van der Waals surface area contributed by atoms with Crippen LogP contribution in [-0.2, 0) is 11.3 Å². The van der Waals surface area contributed by atoms with E-state index >= 15 is 0 Å². The van der Waals surface area contributed by atoms with Crippen LogP contribution in [0, 0.1) is 0 Å².